The lowest BCUT2D eigenvalue weighted by Gasteiger charge is -2.24. The van der Waals surface area contributed by atoms with Crippen LogP contribution in [0, 0.1) is 0 Å². The second-order valence-electron chi connectivity index (χ2n) is 4.78. The molecule has 0 radical (unpaired) electrons. The zero-order valence-corrected chi connectivity index (χ0v) is 9.53. The number of benzene rings is 1. The van der Waals surface area contributed by atoms with E-state index in [4.69, 9.17) is 0 Å². The van der Waals surface area contributed by atoms with Crippen molar-refractivity contribution in [2.45, 2.75) is 25.3 Å². The predicted molar refractivity (Wildman–Crippen MR) is 66.3 cm³/mol. The molecule has 1 aliphatic rings. The minimum Gasteiger partial charge on any atom is -0.308 e. The van der Waals surface area contributed by atoms with E-state index in [2.05, 4.69) is 41.5 Å². The molecule has 1 aliphatic heterocycles. The maximum atomic E-state index is 4.53. The van der Waals surface area contributed by atoms with E-state index >= 15 is 0 Å². The van der Waals surface area contributed by atoms with Gasteiger partial charge in [-0.2, -0.15) is 0 Å². The highest BCUT2D eigenvalue weighted by atomic mass is 15.0. The Hall–Kier alpha value is -1.41. The van der Waals surface area contributed by atoms with Crippen molar-refractivity contribution in [3.63, 3.8) is 0 Å². The van der Waals surface area contributed by atoms with Crippen molar-refractivity contribution in [2.24, 2.45) is 0 Å². The van der Waals surface area contributed by atoms with Crippen LogP contribution in [0.3, 0.4) is 0 Å². The first-order chi connectivity index (χ1) is 7.78. The Bertz CT molecular complexity index is 513. The van der Waals surface area contributed by atoms with Crippen molar-refractivity contribution in [1.82, 2.24) is 10.3 Å². The third kappa shape index (κ3) is 1.50. The van der Waals surface area contributed by atoms with Gasteiger partial charge in [-0.25, -0.2) is 0 Å². The van der Waals surface area contributed by atoms with E-state index in [9.17, 15) is 0 Å². The minimum absolute atomic E-state index is 0.122. The van der Waals surface area contributed by atoms with Crippen LogP contribution >= 0.6 is 0 Å². The van der Waals surface area contributed by atoms with Crippen molar-refractivity contribution in [1.29, 1.82) is 0 Å². The van der Waals surface area contributed by atoms with Crippen LogP contribution in [0.4, 0.5) is 0 Å². The van der Waals surface area contributed by atoms with E-state index in [1.807, 2.05) is 12.3 Å². The fourth-order valence-electron chi connectivity index (χ4n) is 2.51. The fourth-order valence-corrected chi connectivity index (χ4v) is 2.51. The minimum atomic E-state index is 0.122. The van der Waals surface area contributed by atoms with E-state index in [1.54, 1.807) is 0 Å². The van der Waals surface area contributed by atoms with Gasteiger partial charge >= 0.3 is 0 Å². The molecule has 1 saturated heterocycles. The summed E-state index contributed by atoms with van der Waals surface area (Å²) in [5.74, 6) is 0. The number of hydrogen-bond acceptors (Lipinski definition) is 2. The van der Waals surface area contributed by atoms with Crippen LogP contribution < -0.4 is 5.32 Å². The molecule has 82 valence electrons. The van der Waals surface area contributed by atoms with Crippen molar-refractivity contribution < 1.29 is 0 Å². The molecule has 1 atom stereocenters. The number of nitrogens with one attached hydrogen (secondary N) is 1. The molecule has 16 heavy (non-hydrogen) atoms. The molecular formula is C14H16N2. The number of nitrogens with zero attached hydrogens (tertiary/aromatic N) is 1. The molecule has 2 aromatic rings. The molecule has 0 bridgehead atoms. The molecule has 1 N–H and O–H groups in total. The van der Waals surface area contributed by atoms with Crippen molar-refractivity contribution in [2.75, 3.05) is 6.54 Å². The molecule has 1 unspecified atom stereocenters. The van der Waals surface area contributed by atoms with Crippen LogP contribution in [0.25, 0.3) is 10.9 Å². The molecule has 2 heterocycles. The molecule has 2 nitrogen and oxygen atoms in total. The van der Waals surface area contributed by atoms with E-state index in [-0.39, 0.29) is 5.54 Å². The van der Waals surface area contributed by atoms with Gasteiger partial charge in [-0.15, -0.1) is 0 Å². The molecule has 1 fully saturated rings. The second kappa shape index (κ2) is 3.56. The molecule has 3 rings (SSSR count). The molecule has 0 saturated carbocycles. The molecular weight excluding hydrogens is 196 g/mol. The summed E-state index contributed by atoms with van der Waals surface area (Å²) in [6.07, 6.45) is 4.47. The first-order valence-electron chi connectivity index (χ1n) is 5.88. The standard InChI is InChI=1S/C14H16N2/c1-14(7-4-8-16-14)12-9-11-5-2-3-6-13(11)15-10-12/h2-3,5-6,9-10,16H,4,7-8H2,1H3. The molecule has 0 aliphatic carbocycles. The normalized spacial score (nSPS) is 25.1. The van der Waals surface area contributed by atoms with Gasteiger partial charge in [0.1, 0.15) is 0 Å². The third-order valence-electron chi connectivity index (χ3n) is 3.60. The summed E-state index contributed by atoms with van der Waals surface area (Å²) < 4.78 is 0. The largest absolute Gasteiger partial charge is 0.308 e. The average molecular weight is 212 g/mol. The summed E-state index contributed by atoms with van der Waals surface area (Å²) in [5, 5.41) is 4.81. The summed E-state index contributed by atoms with van der Waals surface area (Å²) in [6.45, 7) is 3.38. The number of pyridine rings is 1. The first-order valence-corrected chi connectivity index (χ1v) is 5.88. The Morgan fingerprint density at radius 2 is 2.19 bits per heavy atom. The topological polar surface area (TPSA) is 24.9 Å². The van der Waals surface area contributed by atoms with Gasteiger partial charge in [0.25, 0.3) is 0 Å². The number of rotatable bonds is 1. The summed E-state index contributed by atoms with van der Waals surface area (Å²) in [7, 11) is 0. The Kier molecular flexibility index (Phi) is 2.18. The predicted octanol–water partition coefficient (Wildman–Crippen LogP) is 2.83. The van der Waals surface area contributed by atoms with Crippen LogP contribution in [-0.2, 0) is 5.54 Å². The van der Waals surface area contributed by atoms with E-state index < -0.39 is 0 Å². The lowest BCUT2D eigenvalue weighted by atomic mass is 9.91. The van der Waals surface area contributed by atoms with Gasteiger partial charge in [0, 0.05) is 17.1 Å². The van der Waals surface area contributed by atoms with Crippen molar-refractivity contribution in [3.8, 4) is 0 Å². The molecule has 0 amide bonds. The fraction of sp³-hybridized carbons (Fsp3) is 0.357. The quantitative estimate of drug-likeness (QED) is 0.786. The van der Waals surface area contributed by atoms with E-state index in [0.29, 0.717) is 0 Å². The van der Waals surface area contributed by atoms with Crippen LogP contribution in [-0.4, -0.2) is 11.5 Å². The Labute approximate surface area is 95.7 Å². The highest BCUT2D eigenvalue weighted by molar-refractivity contribution is 5.78. The van der Waals surface area contributed by atoms with Gasteiger partial charge in [-0.3, -0.25) is 4.98 Å². The summed E-state index contributed by atoms with van der Waals surface area (Å²) in [6, 6.07) is 10.6. The third-order valence-corrected chi connectivity index (χ3v) is 3.60. The van der Waals surface area contributed by atoms with Gasteiger partial charge in [0.2, 0.25) is 0 Å². The number of para-hydroxylation sites is 1. The van der Waals surface area contributed by atoms with Crippen LogP contribution in [0.2, 0.25) is 0 Å². The number of fused-ring (bicyclic) bond motifs is 1. The van der Waals surface area contributed by atoms with Gasteiger partial charge < -0.3 is 5.32 Å². The summed E-state index contributed by atoms with van der Waals surface area (Å²) in [5.41, 5.74) is 2.51. The molecule has 0 spiro atoms. The van der Waals surface area contributed by atoms with Gasteiger partial charge in [0.15, 0.2) is 0 Å². The summed E-state index contributed by atoms with van der Waals surface area (Å²) in [4.78, 5) is 4.53. The van der Waals surface area contributed by atoms with E-state index in [1.165, 1.54) is 23.8 Å². The lowest BCUT2D eigenvalue weighted by molar-refractivity contribution is 0.434. The molecule has 1 aromatic carbocycles. The average Bonchev–Trinajstić information content (AvgIpc) is 2.77. The first kappa shape index (κ1) is 9.79. The van der Waals surface area contributed by atoms with Crippen LogP contribution in [0.1, 0.15) is 25.3 Å². The maximum Gasteiger partial charge on any atom is 0.0702 e. The maximum absolute atomic E-state index is 4.53. The lowest BCUT2D eigenvalue weighted by Crippen LogP contribution is -2.33. The van der Waals surface area contributed by atoms with Gasteiger partial charge in [0.05, 0.1) is 5.52 Å². The zero-order valence-electron chi connectivity index (χ0n) is 9.53. The number of hydrogen-bond donors (Lipinski definition) is 1. The van der Waals surface area contributed by atoms with Gasteiger partial charge in [-0.1, -0.05) is 18.2 Å². The summed E-state index contributed by atoms with van der Waals surface area (Å²) >= 11 is 0. The van der Waals surface area contributed by atoms with Gasteiger partial charge in [-0.05, 0) is 44.0 Å². The second-order valence-corrected chi connectivity index (χ2v) is 4.78. The highest BCUT2D eigenvalue weighted by Gasteiger charge is 2.30. The number of aromatic nitrogens is 1. The highest BCUT2D eigenvalue weighted by Crippen LogP contribution is 2.31. The monoisotopic (exact) mass is 212 g/mol. The zero-order chi connectivity index (χ0) is 11.0. The molecule has 2 heteroatoms. The Balaban J connectivity index is 2.11. The van der Waals surface area contributed by atoms with Crippen LogP contribution in [0.15, 0.2) is 36.5 Å². The Morgan fingerprint density at radius 3 is 3.00 bits per heavy atom. The molecule has 1 aromatic heterocycles. The van der Waals surface area contributed by atoms with E-state index in [0.717, 1.165) is 12.1 Å². The SMILES string of the molecule is CC1(c2cnc3ccccc3c2)CCCN1. The Morgan fingerprint density at radius 1 is 1.31 bits per heavy atom. The van der Waals surface area contributed by atoms with Crippen molar-refractivity contribution >= 4 is 10.9 Å². The van der Waals surface area contributed by atoms with Crippen molar-refractivity contribution in [3.05, 3.63) is 42.1 Å². The smallest absolute Gasteiger partial charge is 0.0702 e. The van der Waals surface area contributed by atoms with Crippen LogP contribution in [0.5, 0.6) is 0 Å².